The van der Waals surface area contributed by atoms with Crippen molar-refractivity contribution >= 4 is 29.1 Å². The van der Waals surface area contributed by atoms with E-state index >= 15 is 0 Å². The minimum Gasteiger partial charge on any atom is -0.394 e. The Kier molecular flexibility index (Phi) is 6.13. The molecule has 0 spiro atoms. The van der Waals surface area contributed by atoms with E-state index in [9.17, 15) is 9.90 Å². The third kappa shape index (κ3) is 3.64. The monoisotopic (exact) mass is 447 g/mol. The highest BCUT2D eigenvalue weighted by atomic mass is 35.5. The summed E-state index contributed by atoms with van der Waals surface area (Å²) in [7, 11) is 0. The number of aliphatic hydroxyl groups excluding tert-OH is 1. The molecule has 0 aromatic heterocycles. The van der Waals surface area contributed by atoms with Gasteiger partial charge >= 0.3 is 0 Å². The minimum absolute atomic E-state index is 0.0175. The molecule has 0 radical (unpaired) electrons. The predicted molar refractivity (Wildman–Crippen MR) is 119 cm³/mol. The molecule has 1 aliphatic carbocycles. The van der Waals surface area contributed by atoms with Crippen LogP contribution >= 0.6 is 23.2 Å². The summed E-state index contributed by atoms with van der Waals surface area (Å²) in [4.78, 5) is 13.1. The van der Waals surface area contributed by atoms with Gasteiger partial charge in [0.1, 0.15) is 0 Å². The lowest BCUT2D eigenvalue weighted by atomic mass is 9.59. The normalized spacial score (nSPS) is 30.8. The number of amides is 1. The zero-order chi connectivity index (χ0) is 21.5. The van der Waals surface area contributed by atoms with Crippen LogP contribution in [0.3, 0.4) is 0 Å². The molecule has 4 nitrogen and oxygen atoms in total. The van der Waals surface area contributed by atoms with E-state index in [0.717, 1.165) is 28.1 Å². The fourth-order valence-electron chi connectivity index (χ4n) is 5.52. The molecule has 0 unspecified atom stereocenters. The van der Waals surface area contributed by atoms with E-state index in [1.54, 1.807) is 0 Å². The lowest BCUT2D eigenvalue weighted by molar-refractivity contribution is -0.156. The third-order valence-electron chi connectivity index (χ3n) is 6.73. The summed E-state index contributed by atoms with van der Waals surface area (Å²) in [6.45, 7) is 4.09. The summed E-state index contributed by atoms with van der Waals surface area (Å²) < 4.78 is 6.11. The van der Waals surface area contributed by atoms with Crippen molar-refractivity contribution in [2.24, 2.45) is 5.92 Å². The molecule has 1 heterocycles. The zero-order valence-corrected chi connectivity index (χ0v) is 18.7. The summed E-state index contributed by atoms with van der Waals surface area (Å²) in [5.41, 5.74) is 2.39. The predicted octanol–water partition coefficient (Wildman–Crippen LogP) is 4.85. The standard InChI is InChI=1S/C24H27Cl2NO3/c1-14-3-8-18(20(26)13-14)19-9-10-24(30-12-11-28)22(15(2)27-23(24)29)21(19)16-4-6-17(25)7-5-16/h3-8,13,15,19,21-22,28H,9-12H2,1-2H3,(H,27,29)/t15-,19+,21+,22+,24+/m1/s1. The number of carbonyl (C=O) groups is 1. The molecule has 5 atom stereocenters. The van der Waals surface area contributed by atoms with Crippen LogP contribution in [0.4, 0.5) is 0 Å². The van der Waals surface area contributed by atoms with Crippen molar-refractivity contribution < 1.29 is 14.6 Å². The van der Waals surface area contributed by atoms with Crippen LogP contribution in [-0.2, 0) is 9.53 Å². The van der Waals surface area contributed by atoms with E-state index in [-0.39, 0.29) is 42.9 Å². The van der Waals surface area contributed by atoms with Gasteiger partial charge in [0.05, 0.1) is 13.2 Å². The number of rotatable bonds is 5. The molecule has 2 aliphatic rings. The molecular formula is C24H27Cl2NO3. The molecule has 1 amide bonds. The first-order chi connectivity index (χ1) is 14.4. The quantitative estimate of drug-likeness (QED) is 0.688. The van der Waals surface area contributed by atoms with Crippen LogP contribution in [0, 0.1) is 12.8 Å². The highest BCUT2D eigenvalue weighted by molar-refractivity contribution is 6.31. The van der Waals surface area contributed by atoms with E-state index < -0.39 is 5.60 Å². The van der Waals surface area contributed by atoms with Gasteiger partial charge in [0.15, 0.2) is 5.60 Å². The molecule has 1 aliphatic heterocycles. The SMILES string of the molecule is Cc1ccc([C@@H]2CC[C@@]3(OCCO)C(=O)N[C@H](C)[C@H]3[C@H]2c2ccc(Cl)cc2)c(Cl)c1. The Morgan fingerprint density at radius 2 is 1.93 bits per heavy atom. The Morgan fingerprint density at radius 3 is 2.60 bits per heavy atom. The Hall–Kier alpha value is -1.59. The van der Waals surface area contributed by atoms with Crippen molar-refractivity contribution in [2.75, 3.05) is 13.2 Å². The highest BCUT2D eigenvalue weighted by Gasteiger charge is 2.61. The van der Waals surface area contributed by atoms with Gasteiger partial charge in [-0.2, -0.15) is 0 Å². The lowest BCUT2D eigenvalue weighted by Gasteiger charge is -2.47. The Labute approximate surface area is 187 Å². The maximum absolute atomic E-state index is 13.1. The first kappa shape index (κ1) is 21.6. The summed E-state index contributed by atoms with van der Waals surface area (Å²) in [5, 5.41) is 13.9. The number of fused-ring (bicyclic) bond motifs is 1. The molecule has 6 heteroatoms. The average molecular weight is 448 g/mol. The number of carbonyl (C=O) groups excluding carboxylic acids is 1. The molecule has 0 bridgehead atoms. The molecule has 30 heavy (non-hydrogen) atoms. The molecule has 2 N–H and O–H groups in total. The second kappa shape index (κ2) is 8.51. The lowest BCUT2D eigenvalue weighted by Crippen LogP contribution is -2.52. The van der Waals surface area contributed by atoms with Crippen LogP contribution in [0.1, 0.15) is 48.3 Å². The number of hydrogen-bond acceptors (Lipinski definition) is 3. The van der Waals surface area contributed by atoms with E-state index in [0.29, 0.717) is 11.4 Å². The van der Waals surface area contributed by atoms with Crippen molar-refractivity contribution in [3.63, 3.8) is 0 Å². The van der Waals surface area contributed by atoms with Gasteiger partial charge in [-0.1, -0.05) is 47.5 Å². The molecule has 160 valence electrons. The third-order valence-corrected chi connectivity index (χ3v) is 7.31. The van der Waals surface area contributed by atoms with Crippen LogP contribution in [0.15, 0.2) is 42.5 Å². The number of nitrogens with one attached hydrogen (secondary N) is 1. The molecule has 2 fully saturated rings. The minimum atomic E-state index is -0.944. The highest BCUT2D eigenvalue weighted by Crippen LogP contribution is 2.56. The van der Waals surface area contributed by atoms with Crippen LogP contribution in [0.5, 0.6) is 0 Å². The van der Waals surface area contributed by atoms with Gasteiger partial charge in [-0.05, 0) is 73.4 Å². The van der Waals surface area contributed by atoms with E-state index in [1.807, 2.05) is 44.2 Å². The number of aryl methyl sites for hydroxylation is 1. The Balaban J connectivity index is 1.85. The molecule has 2 aromatic rings. The fraction of sp³-hybridized carbons (Fsp3) is 0.458. The van der Waals surface area contributed by atoms with Crippen molar-refractivity contribution in [2.45, 2.75) is 50.2 Å². The molecule has 2 aromatic carbocycles. The number of benzene rings is 2. The first-order valence-electron chi connectivity index (χ1n) is 10.4. The van der Waals surface area contributed by atoms with Gasteiger partial charge in [-0.3, -0.25) is 4.79 Å². The van der Waals surface area contributed by atoms with E-state index in [1.165, 1.54) is 0 Å². The van der Waals surface area contributed by atoms with Gasteiger partial charge in [0.2, 0.25) is 0 Å². The first-order valence-corrected chi connectivity index (χ1v) is 11.2. The second-order valence-electron chi connectivity index (χ2n) is 8.50. The van der Waals surface area contributed by atoms with Crippen LogP contribution in [0.2, 0.25) is 10.0 Å². The van der Waals surface area contributed by atoms with Crippen LogP contribution in [0.25, 0.3) is 0 Å². The van der Waals surface area contributed by atoms with Crippen LogP contribution in [-0.4, -0.2) is 35.9 Å². The summed E-state index contributed by atoms with van der Waals surface area (Å²) in [5.74, 6) is -0.0103. The summed E-state index contributed by atoms with van der Waals surface area (Å²) >= 11 is 12.9. The van der Waals surface area contributed by atoms with E-state index in [2.05, 4.69) is 17.4 Å². The maximum atomic E-state index is 13.1. The maximum Gasteiger partial charge on any atom is 0.252 e. The second-order valence-corrected chi connectivity index (χ2v) is 9.34. The topological polar surface area (TPSA) is 58.6 Å². The van der Waals surface area contributed by atoms with Crippen molar-refractivity contribution in [1.29, 1.82) is 0 Å². The fourth-order valence-corrected chi connectivity index (χ4v) is 6.02. The largest absolute Gasteiger partial charge is 0.394 e. The Bertz CT molecular complexity index is 933. The molecular weight excluding hydrogens is 421 g/mol. The zero-order valence-electron chi connectivity index (χ0n) is 17.2. The van der Waals surface area contributed by atoms with Gasteiger partial charge in [-0.25, -0.2) is 0 Å². The van der Waals surface area contributed by atoms with E-state index in [4.69, 9.17) is 27.9 Å². The van der Waals surface area contributed by atoms with Crippen molar-refractivity contribution in [3.8, 4) is 0 Å². The number of hydrogen-bond donors (Lipinski definition) is 2. The number of ether oxygens (including phenoxy) is 1. The van der Waals surface area contributed by atoms with Gasteiger partial charge in [0, 0.05) is 22.0 Å². The average Bonchev–Trinajstić information content (AvgIpc) is 2.97. The molecule has 1 saturated heterocycles. The smallest absolute Gasteiger partial charge is 0.252 e. The molecule has 4 rings (SSSR count). The summed E-state index contributed by atoms with van der Waals surface area (Å²) in [6.07, 6.45) is 1.35. The van der Waals surface area contributed by atoms with Gasteiger partial charge in [0.25, 0.3) is 5.91 Å². The Morgan fingerprint density at radius 1 is 1.20 bits per heavy atom. The molecule has 1 saturated carbocycles. The number of halogens is 2. The van der Waals surface area contributed by atoms with Gasteiger partial charge < -0.3 is 15.2 Å². The summed E-state index contributed by atoms with van der Waals surface area (Å²) in [6, 6.07) is 14.0. The van der Waals surface area contributed by atoms with Gasteiger partial charge in [-0.15, -0.1) is 0 Å². The van der Waals surface area contributed by atoms with Crippen molar-refractivity contribution in [3.05, 3.63) is 69.2 Å². The van der Waals surface area contributed by atoms with Crippen LogP contribution < -0.4 is 5.32 Å². The van der Waals surface area contributed by atoms with Crippen molar-refractivity contribution in [1.82, 2.24) is 5.32 Å². The number of aliphatic hydroxyl groups is 1.